The number of carbonyl (C=O) groups is 1. The average molecular weight is 305 g/mol. The number of hydrogen-bond acceptors (Lipinski definition) is 5. The van der Waals surface area contributed by atoms with Crippen molar-refractivity contribution >= 4 is 11.7 Å². The van der Waals surface area contributed by atoms with Crippen molar-refractivity contribution in [3.63, 3.8) is 0 Å². The second-order valence-electron chi connectivity index (χ2n) is 5.60. The Morgan fingerprint density at radius 2 is 2.14 bits per heavy atom. The van der Waals surface area contributed by atoms with Gasteiger partial charge in [-0.05, 0) is 31.0 Å². The van der Waals surface area contributed by atoms with Gasteiger partial charge in [-0.2, -0.15) is 5.26 Å². The lowest BCUT2D eigenvalue weighted by Gasteiger charge is -2.29. The van der Waals surface area contributed by atoms with Crippen LogP contribution in [0.25, 0.3) is 0 Å². The summed E-state index contributed by atoms with van der Waals surface area (Å²) in [7, 11) is 3.61. The van der Waals surface area contributed by atoms with E-state index in [1.54, 1.807) is 11.0 Å². The van der Waals surface area contributed by atoms with E-state index in [4.69, 9.17) is 10.00 Å². The third kappa shape index (κ3) is 3.95. The van der Waals surface area contributed by atoms with Crippen LogP contribution in [-0.2, 0) is 4.74 Å². The Kier molecular flexibility index (Phi) is 5.34. The van der Waals surface area contributed by atoms with Crippen LogP contribution >= 0.6 is 0 Å². The number of carbonyl (C=O) groups excluding carboxylic acids is 1. The molecule has 1 heterocycles. The van der Waals surface area contributed by atoms with Crippen LogP contribution in [0.3, 0.4) is 0 Å². The highest BCUT2D eigenvalue weighted by molar-refractivity contribution is 5.90. The van der Waals surface area contributed by atoms with Crippen LogP contribution in [0.15, 0.2) is 18.2 Å². The molecule has 1 aromatic carbocycles. The van der Waals surface area contributed by atoms with E-state index in [1.165, 1.54) is 12.1 Å². The van der Waals surface area contributed by atoms with Crippen molar-refractivity contribution < 1.29 is 13.9 Å². The summed E-state index contributed by atoms with van der Waals surface area (Å²) >= 11 is 0. The van der Waals surface area contributed by atoms with Crippen molar-refractivity contribution in [3.8, 4) is 6.07 Å². The summed E-state index contributed by atoms with van der Waals surface area (Å²) in [6.45, 7) is 1.82. The maximum Gasteiger partial charge on any atom is 0.341 e. The largest absolute Gasteiger partial charge is 0.459 e. The molecule has 0 amide bonds. The number of halogens is 1. The molecule has 0 saturated carbocycles. The highest BCUT2D eigenvalue weighted by atomic mass is 19.1. The predicted octanol–water partition coefficient (Wildman–Crippen LogP) is 2.04. The van der Waals surface area contributed by atoms with E-state index in [2.05, 4.69) is 6.07 Å². The summed E-state index contributed by atoms with van der Waals surface area (Å²) in [4.78, 5) is 15.9. The second kappa shape index (κ2) is 7.23. The number of nitrogens with zero attached hydrogens (tertiary/aromatic N) is 3. The van der Waals surface area contributed by atoms with Crippen LogP contribution in [0.1, 0.15) is 23.2 Å². The summed E-state index contributed by atoms with van der Waals surface area (Å²) in [5, 5.41) is 8.65. The maximum atomic E-state index is 14.0. The number of rotatable bonds is 4. The molecule has 22 heavy (non-hydrogen) atoms. The van der Waals surface area contributed by atoms with Gasteiger partial charge in [-0.25, -0.2) is 9.18 Å². The number of piperidine rings is 1. The van der Waals surface area contributed by atoms with Gasteiger partial charge in [0.05, 0.1) is 18.2 Å². The zero-order valence-corrected chi connectivity index (χ0v) is 12.9. The minimum atomic E-state index is -0.624. The van der Waals surface area contributed by atoms with Crippen LogP contribution < -0.4 is 4.90 Å². The average Bonchev–Trinajstić information content (AvgIpc) is 2.49. The molecule has 1 fully saturated rings. The van der Waals surface area contributed by atoms with Gasteiger partial charge in [-0.1, -0.05) is 0 Å². The van der Waals surface area contributed by atoms with Crippen molar-refractivity contribution in [2.24, 2.45) is 0 Å². The van der Waals surface area contributed by atoms with Crippen LogP contribution in [0.4, 0.5) is 10.1 Å². The summed E-state index contributed by atoms with van der Waals surface area (Å²) in [6, 6.07) is 6.58. The van der Waals surface area contributed by atoms with Gasteiger partial charge in [0.1, 0.15) is 11.9 Å². The van der Waals surface area contributed by atoms with E-state index in [0.29, 0.717) is 38.2 Å². The Morgan fingerprint density at radius 3 is 2.68 bits per heavy atom. The molecule has 2 rings (SSSR count). The first-order chi connectivity index (χ1) is 10.5. The summed E-state index contributed by atoms with van der Waals surface area (Å²) < 4.78 is 19.4. The molecule has 0 aliphatic carbocycles. The molecule has 0 spiro atoms. The molecule has 1 aliphatic heterocycles. The molecule has 1 aromatic rings. The Labute approximate surface area is 129 Å². The minimum Gasteiger partial charge on any atom is -0.459 e. The molecule has 5 nitrogen and oxygen atoms in total. The van der Waals surface area contributed by atoms with Gasteiger partial charge >= 0.3 is 5.97 Å². The van der Waals surface area contributed by atoms with Crippen LogP contribution in [0.5, 0.6) is 0 Å². The zero-order valence-electron chi connectivity index (χ0n) is 12.9. The van der Waals surface area contributed by atoms with Crippen molar-refractivity contribution in [1.29, 1.82) is 5.26 Å². The van der Waals surface area contributed by atoms with Gasteiger partial charge in [0.15, 0.2) is 0 Å². The third-order valence-corrected chi connectivity index (χ3v) is 3.79. The van der Waals surface area contributed by atoms with Gasteiger partial charge in [0.25, 0.3) is 0 Å². The van der Waals surface area contributed by atoms with Crippen LogP contribution in [0, 0.1) is 17.1 Å². The number of hydrogen-bond donors (Lipinski definition) is 0. The first-order valence-electron chi connectivity index (χ1n) is 7.28. The van der Waals surface area contributed by atoms with Crippen molar-refractivity contribution in [3.05, 3.63) is 29.6 Å². The fourth-order valence-corrected chi connectivity index (χ4v) is 2.45. The smallest absolute Gasteiger partial charge is 0.341 e. The standard InChI is InChI=1S/C16H20FN3O2/c1-19(2)12-3-4-14(15(17)11-12)16(21)22-13-5-8-20(9-6-13)10-7-18/h3-4,11,13H,5-6,8-10H2,1-2H3. The van der Waals surface area contributed by atoms with E-state index >= 15 is 0 Å². The van der Waals surface area contributed by atoms with Crippen molar-refractivity contribution in [1.82, 2.24) is 4.90 Å². The van der Waals surface area contributed by atoms with Gasteiger partial charge < -0.3 is 9.64 Å². The normalized spacial score (nSPS) is 16.1. The number of esters is 1. The molecular formula is C16H20FN3O2. The quantitative estimate of drug-likeness (QED) is 0.629. The molecule has 118 valence electrons. The molecule has 1 aliphatic rings. The first-order valence-corrected chi connectivity index (χ1v) is 7.28. The van der Waals surface area contributed by atoms with Gasteiger partial charge in [0, 0.05) is 32.9 Å². The molecule has 0 atom stereocenters. The Bertz CT molecular complexity index is 575. The van der Waals surface area contributed by atoms with Crippen molar-refractivity contribution in [2.45, 2.75) is 18.9 Å². The SMILES string of the molecule is CN(C)c1ccc(C(=O)OC2CCN(CC#N)CC2)c(F)c1. The Morgan fingerprint density at radius 1 is 1.45 bits per heavy atom. The number of likely N-dealkylation sites (tertiary alicyclic amines) is 1. The highest BCUT2D eigenvalue weighted by Crippen LogP contribution is 2.20. The lowest BCUT2D eigenvalue weighted by molar-refractivity contribution is 0.0122. The lowest BCUT2D eigenvalue weighted by Crippen LogP contribution is -2.38. The van der Waals surface area contributed by atoms with E-state index in [0.717, 1.165) is 0 Å². The molecule has 0 aromatic heterocycles. The summed E-state index contributed by atoms with van der Waals surface area (Å²) in [6.07, 6.45) is 1.13. The molecule has 0 radical (unpaired) electrons. The maximum absolute atomic E-state index is 14.0. The van der Waals surface area contributed by atoms with Crippen molar-refractivity contribution in [2.75, 3.05) is 38.6 Å². The molecular weight excluding hydrogens is 285 g/mol. The molecule has 0 unspecified atom stereocenters. The van der Waals surface area contributed by atoms with E-state index in [9.17, 15) is 9.18 Å². The Balaban J connectivity index is 1.94. The minimum absolute atomic E-state index is 0.0370. The van der Waals surface area contributed by atoms with Gasteiger partial charge in [0.2, 0.25) is 0 Å². The van der Waals surface area contributed by atoms with Gasteiger partial charge in [-0.15, -0.1) is 0 Å². The monoisotopic (exact) mass is 305 g/mol. The summed E-state index contributed by atoms with van der Waals surface area (Å²) in [5.41, 5.74) is 0.656. The molecule has 6 heteroatoms. The predicted molar refractivity (Wildman–Crippen MR) is 81.2 cm³/mol. The highest BCUT2D eigenvalue weighted by Gasteiger charge is 2.24. The second-order valence-corrected chi connectivity index (χ2v) is 5.60. The molecule has 0 N–H and O–H groups in total. The van der Waals surface area contributed by atoms with E-state index in [-0.39, 0.29) is 11.7 Å². The number of nitriles is 1. The lowest BCUT2D eigenvalue weighted by atomic mass is 10.1. The number of ether oxygens (including phenoxy) is 1. The number of anilines is 1. The fraction of sp³-hybridized carbons (Fsp3) is 0.500. The van der Waals surface area contributed by atoms with Crippen LogP contribution in [0.2, 0.25) is 0 Å². The third-order valence-electron chi connectivity index (χ3n) is 3.79. The van der Waals surface area contributed by atoms with Gasteiger partial charge in [-0.3, -0.25) is 4.90 Å². The topological polar surface area (TPSA) is 56.6 Å². The number of benzene rings is 1. The summed E-state index contributed by atoms with van der Waals surface area (Å²) in [5.74, 6) is -1.19. The van der Waals surface area contributed by atoms with E-state index in [1.807, 2.05) is 19.0 Å². The zero-order chi connectivity index (χ0) is 16.1. The Hall–Kier alpha value is -2.13. The fourth-order valence-electron chi connectivity index (χ4n) is 2.45. The molecule has 0 bridgehead atoms. The van der Waals surface area contributed by atoms with E-state index < -0.39 is 11.8 Å². The molecule has 1 saturated heterocycles. The van der Waals surface area contributed by atoms with Crippen LogP contribution in [-0.4, -0.2) is 50.7 Å². The first kappa shape index (κ1) is 16.2.